The standard InChI is InChI=1S/C21H24N4O3S/c1-13-10-14(2)21(15(3)11-13)29(27,28)24-18-6-8-19(9-7-18)25-20(22-17(5)26)12-16(4)23-25/h6-12,24H,1-5H3,(H,22,26). The second-order valence-corrected chi connectivity index (χ2v) is 8.76. The number of carbonyl (C=O) groups is 1. The fourth-order valence-electron chi connectivity index (χ4n) is 3.43. The van der Waals surface area contributed by atoms with Gasteiger partial charge in [0.2, 0.25) is 5.91 Å². The van der Waals surface area contributed by atoms with E-state index in [4.69, 9.17) is 0 Å². The van der Waals surface area contributed by atoms with Crippen LogP contribution >= 0.6 is 0 Å². The molecule has 0 aliphatic rings. The third kappa shape index (κ3) is 4.48. The summed E-state index contributed by atoms with van der Waals surface area (Å²) in [6.45, 7) is 8.79. The van der Waals surface area contributed by atoms with Gasteiger partial charge < -0.3 is 5.32 Å². The van der Waals surface area contributed by atoms with Gasteiger partial charge >= 0.3 is 0 Å². The van der Waals surface area contributed by atoms with Crippen LogP contribution in [0.15, 0.2) is 47.4 Å². The van der Waals surface area contributed by atoms with Crippen molar-refractivity contribution < 1.29 is 13.2 Å². The van der Waals surface area contributed by atoms with Crippen LogP contribution in [0, 0.1) is 27.7 Å². The molecule has 152 valence electrons. The molecule has 0 saturated heterocycles. The molecular formula is C21H24N4O3S. The van der Waals surface area contributed by atoms with Gasteiger partial charge in [0.05, 0.1) is 16.3 Å². The van der Waals surface area contributed by atoms with E-state index >= 15 is 0 Å². The first-order valence-corrected chi connectivity index (χ1v) is 10.6. The van der Waals surface area contributed by atoms with E-state index in [1.807, 2.05) is 26.0 Å². The highest BCUT2D eigenvalue weighted by molar-refractivity contribution is 7.92. The van der Waals surface area contributed by atoms with Crippen LogP contribution in [0.5, 0.6) is 0 Å². The predicted molar refractivity (Wildman–Crippen MR) is 114 cm³/mol. The number of amides is 1. The number of carbonyl (C=O) groups excluding carboxylic acids is 1. The van der Waals surface area contributed by atoms with Crippen molar-refractivity contribution in [3.8, 4) is 5.69 Å². The van der Waals surface area contributed by atoms with Crippen LogP contribution in [0.3, 0.4) is 0 Å². The van der Waals surface area contributed by atoms with Crippen molar-refractivity contribution in [2.24, 2.45) is 0 Å². The summed E-state index contributed by atoms with van der Waals surface area (Å²) >= 11 is 0. The smallest absolute Gasteiger partial charge is 0.262 e. The number of sulfonamides is 1. The number of aromatic nitrogens is 2. The lowest BCUT2D eigenvalue weighted by atomic mass is 10.1. The number of nitrogens with one attached hydrogen (secondary N) is 2. The highest BCUT2D eigenvalue weighted by Crippen LogP contribution is 2.25. The molecule has 3 rings (SSSR count). The molecule has 0 bridgehead atoms. The molecule has 1 heterocycles. The summed E-state index contributed by atoms with van der Waals surface area (Å²) in [5.74, 6) is 0.355. The summed E-state index contributed by atoms with van der Waals surface area (Å²) in [6.07, 6.45) is 0. The van der Waals surface area contributed by atoms with Gasteiger partial charge in [0, 0.05) is 18.7 Å². The second-order valence-electron chi connectivity index (χ2n) is 7.14. The van der Waals surface area contributed by atoms with Crippen LogP contribution in [-0.2, 0) is 14.8 Å². The Balaban J connectivity index is 1.90. The van der Waals surface area contributed by atoms with Crippen LogP contribution in [0.4, 0.5) is 11.5 Å². The molecule has 0 radical (unpaired) electrons. The Hall–Kier alpha value is -3.13. The number of hydrogen-bond acceptors (Lipinski definition) is 4. The molecule has 0 unspecified atom stereocenters. The zero-order chi connectivity index (χ0) is 21.3. The Morgan fingerprint density at radius 2 is 1.55 bits per heavy atom. The normalized spacial score (nSPS) is 11.3. The molecule has 7 nitrogen and oxygen atoms in total. The summed E-state index contributed by atoms with van der Waals surface area (Å²) in [5, 5.41) is 7.11. The van der Waals surface area contributed by atoms with E-state index in [0.717, 1.165) is 11.3 Å². The number of hydrogen-bond donors (Lipinski definition) is 2. The third-order valence-electron chi connectivity index (χ3n) is 4.37. The fraction of sp³-hybridized carbons (Fsp3) is 0.238. The number of aryl methyl sites for hydroxylation is 4. The zero-order valence-corrected chi connectivity index (χ0v) is 17.9. The second kappa shape index (κ2) is 7.71. The third-order valence-corrected chi connectivity index (χ3v) is 6.06. The van der Waals surface area contributed by atoms with Crippen molar-refractivity contribution in [1.82, 2.24) is 9.78 Å². The summed E-state index contributed by atoms with van der Waals surface area (Å²) < 4.78 is 30.1. The summed E-state index contributed by atoms with van der Waals surface area (Å²) in [4.78, 5) is 11.7. The van der Waals surface area contributed by atoms with Gasteiger partial charge in [-0.2, -0.15) is 5.10 Å². The van der Waals surface area contributed by atoms with Crippen LogP contribution in [0.2, 0.25) is 0 Å². The average molecular weight is 413 g/mol. The SMILES string of the molecule is CC(=O)Nc1cc(C)nn1-c1ccc(NS(=O)(=O)c2c(C)cc(C)cc2C)cc1. The van der Waals surface area contributed by atoms with E-state index in [9.17, 15) is 13.2 Å². The molecule has 2 aromatic carbocycles. The minimum absolute atomic E-state index is 0.195. The molecule has 8 heteroatoms. The van der Waals surface area contributed by atoms with Gasteiger partial charge in [0.15, 0.2) is 0 Å². The molecular weight excluding hydrogens is 388 g/mol. The summed E-state index contributed by atoms with van der Waals surface area (Å²) in [6, 6.07) is 12.3. The van der Waals surface area contributed by atoms with Gasteiger partial charge in [-0.3, -0.25) is 9.52 Å². The maximum atomic E-state index is 12.9. The molecule has 3 aromatic rings. The van der Waals surface area contributed by atoms with Crippen molar-refractivity contribution in [2.45, 2.75) is 39.5 Å². The Labute approximate surface area is 170 Å². The largest absolute Gasteiger partial charge is 0.311 e. The lowest BCUT2D eigenvalue weighted by molar-refractivity contribution is -0.114. The molecule has 0 spiro atoms. The van der Waals surface area contributed by atoms with Gasteiger partial charge in [-0.1, -0.05) is 17.7 Å². The molecule has 1 aromatic heterocycles. The molecule has 0 saturated carbocycles. The van der Waals surface area contributed by atoms with Crippen molar-refractivity contribution in [2.75, 3.05) is 10.0 Å². The minimum Gasteiger partial charge on any atom is -0.311 e. The Morgan fingerprint density at radius 1 is 0.966 bits per heavy atom. The molecule has 1 amide bonds. The van der Waals surface area contributed by atoms with Gasteiger partial charge in [-0.25, -0.2) is 13.1 Å². The lowest BCUT2D eigenvalue weighted by Gasteiger charge is -2.14. The van der Waals surface area contributed by atoms with E-state index in [1.54, 1.807) is 48.9 Å². The van der Waals surface area contributed by atoms with Crippen molar-refractivity contribution >= 4 is 27.4 Å². The van der Waals surface area contributed by atoms with Gasteiger partial charge in [-0.15, -0.1) is 0 Å². The molecule has 0 fully saturated rings. The van der Waals surface area contributed by atoms with Crippen LogP contribution in [-0.4, -0.2) is 24.1 Å². The predicted octanol–water partition coefficient (Wildman–Crippen LogP) is 3.87. The molecule has 2 N–H and O–H groups in total. The maximum Gasteiger partial charge on any atom is 0.262 e. The quantitative estimate of drug-likeness (QED) is 0.665. The topological polar surface area (TPSA) is 93.1 Å². The van der Waals surface area contributed by atoms with E-state index in [2.05, 4.69) is 15.1 Å². The minimum atomic E-state index is -3.72. The monoisotopic (exact) mass is 412 g/mol. The van der Waals surface area contributed by atoms with Gasteiger partial charge in [0.25, 0.3) is 10.0 Å². The molecule has 0 atom stereocenters. The van der Waals surface area contributed by atoms with Crippen LogP contribution in [0.25, 0.3) is 5.69 Å². The van der Waals surface area contributed by atoms with Crippen molar-refractivity contribution in [3.05, 3.63) is 64.8 Å². The Bertz CT molecular complexity index is 1160. The number of rotatable bonds is 5. The summed E-state index contributed by atoms with van der Waals surface area (Å²) in [7, 11) is -3.72. The number of nitrogens with zero attached hydrogens (tertiary/aromatic N) is 2. The van der Waals surface area contributed by atoms with E-state index in [0.29, 0.717) is 33.2 Å². The molecule has 0 aliphatic carbocycles. The molecule has 0 aliphatic heterocycles. The lowest BCUT2D eigenvalue weighted by Crippen LogP contribution is -2.16. The van der Waals surface area contributed by atoms with Crippen LogP contribution < -0.4 is 10.0 Å². The number of anilines is 2. The first-order valence-electron chi connectivity index (χ1n) is 9.12. The highest BCUT2D eigenvalue weighted by Gasteiger charge is 2.20. The summed E-state index contributed by atoms with van der Waals surface area (Å²) in [5.41, 5.74) is 4.33. The first kappa shape index (κ1) is 20.6. The highest BCUT2D eigenvalue weighted by atomic mass is 32.2. The van der Waals surface area contributed by atoms with E-state index in [1.165, 1.54) is 6.92 Å². The fourth-order valence-corrected chi connectivity index (χ4v) is 4.95. The Morgan fingerprint density at radius 3 is 2.10 bits per heavy atom. The van der Waals surface area contributed by atoms with E-state index in [-0.39, 0.29) is 5.91 Å². The average Bonchev–Trinajstić information content (AvgIpc) is 2.93. The number of benzene rings is 2. The zero-order valence-electron chi connectivity index (χ0n) is 17.1. The van der Waals surface area contributed by atoms with Crippen molar-refractivity contribution in [3.63, 3.8) is 0 Å². The van der Waals surface area contributed by atoms with Gasteiger partial charge in [-0.05, 0) is 63.1 Å². The van der Waals surface area contributed by atoms with Crippen LogP contribution in [0.1, 0.15) is 29.3 Å². The Kier molecular flexibility index (Phi) is 5.48. The van der Waals surface area contributed by atoms with Gasteiger partial charge in [0.1, 0.15) is 5.82 Å². The first-order chi connectivity index (χ1) is 13.6. The molecule has 29 heavy (non-hydrogen) atoms. The van der Waals surface area contributed by atoms with Crippen molar-refractivity contribution in [1.29, 1.82) is 0 Å². The maximum absolute atomic E-state index is 12.9. The van der Waals surface area contributed by atoms with E-state index < -0.39 is 10.0 Å².